The first-order chi connectivity index (χ1) is 51.5. The van der Waals surface area contributed by atoms with Crippen LogP contribution in [-0.2, 0) is 80.4 Å². The molecule has 107 heavy (non-hydrogen) atoms. The van der Waals surface area contributed by atoms with E-state index >= 15 is 0 Å². The van der Waals surface area contributed by atoms with Gasteiger partial charge in [0.2, 0.25) is 35.4 Å². The molecule has 568 valence electrons. The van der Waals surface area contributed by atoms with Gasteiger partial charge in [0.25, 0.3) is 17.7 Å². The number of rotatable bonds is 37. The van der Waals surface area contributed by atoms with E-state index in [1.165, 1.54) is 22.0 Å². The van der Waals surface area contributed by atoms with Crippen molar-refractivity contribution >= 4 is 99.7 Å². The minimum absolute atomic E-state index is 0.0183. The first-order valence-corrected chi connectivity index (χ1v) is 36.7. The zero-order valence-corrected chi connectivity index (χ0v) is 61.1. The van der Waals surface area contributed by atoms with Gasteiger partial charge in [-0.2, -0.15) is 0 Å². The van der Waals surface area contributed by atoms with E-state index in [-0.39, 0.29) is 150 Å². The summed E-state index contributed by atoms with van der Waals surface area (Å²) in [7, 11) is 3.31. The second-order valence-corrected chi connectivity index (χ2v) is 27.9. The lowest BCUT2D eigenvalue weighted by atomic mass is 9.89. The molecule has 0 spiro atoms. The van der Waals surface area contributed by atoms with E-state index in [1.807, 2.05) is 13.0 Å². The van der Waals surface area contributed by atoms with Gasteiger partial charge in [0, 0.05) is 155 Å². The number of unbranched alkanes of at least 4 members (excludes halogenated alkanes) is 2. The molecule has 0 bridgehead atoms. The Morgan fingerprint density at radius 2 is 1.60 bits per heavy atom. The van der Waals surface area contributed by atoms with Crippen LogP contribution in [0.25, 0.3) is 0 Å². The molecule has 4 aliphatic heterocycles. The number of anilines is 4. The number of urea groups is 1. The van der Waals surface area contributed by atoms with Crippen molar-refractivity contribution in [2.75, 3.05) is 60.8 Å². The Morgan fingerprint density at radius 3 is 2.32 bits per heavy atom. The molecular formula is C76H94N16O15. The number of nitrogens with zero attached hydrogens (tertiary/aromatic N) is 10. The monoisotopic (exact) mass is 1470 g/mol. The number of hydrogen-bond acceptors (Lipinski definition) is 20. The van der Waals surface area contributed by atoms with Crippen LogP contribution in [0.3, 0.4) is 0 Å². The number of carbonyl (C=O) groups excluding carboxylic acids is 13. The second kappa shape index (κ2) is 36.6. The largest absolute Gasteiger partial charge is 0.496 e. The van der Waals surface area contributed by atoms with Gasteiger partial charge in [-0.05, 0) is 99.6 Å². The summed E-state index contributed by atoms with van der Waals surface area (Å²) in [5.74, 6) is -3.37. The maximum Gasteiger partial charge on any atom is 0.410 e. The highest BCUT2D eigenvalue weighted by atomic mass is 16.6. The van der Waals surface area contributed by atoms with E-state index in [9.17, 15) is 62.3 Å². The van der Waals surface area contributed by atoms with Gasteiger partial charge in [0.05, 0.1) is 25.0 Å². The number of likely N-dealkylation sites (N-methyl/N-ethyl adjacent to an activating group) is 1. The number of aryl methyl sites for hydroxylation is 2. The van der Waals surface area contributed by atoms with Crippen LogP contribution < -0.4 is 46.9 Å². The molecule has 4 atom stereocenters. The average molecular weight is 1470 g/mol. The molecule has 31 nitrogen and oxygen atoms in total. The van der Waals surface area contributed by atoms with Crippen molar-refractivity contribution in [2.45, 2.75) is 187 Å². The number of amides is 12. The molecule has 1 aliphatic carbocycles. The maximum atomic E-state index is 14.1. The van der Waals surface area contributed by atoms with E-state index in [0.29, 0.717) is 102 Å². The highest BCUT2D eigenvalue weighted by Crippen LogP contribution is 2.40. The van der Waals surface area contributed by atoms with Crippen LogP contribution in [0.2, 0.25) is 0 Å². The summed E-state index contributed by atoms with van der Waals surface area (Å²) in [5.41, 5.74) is 9.80. The van der Waals surface area contributed by atoms with Gasteiger partial charge >= 0.3 is 12.1 Å². The number of nitrogens with one attached hydrogen (secondary N) is 5. The van der Waals surface area contributed by atoms with Crippen molar-refractivity contribution in [3.8, 4) is 5.75 Å². The normalized spacial score (nSPS) is 16.9. The van der Waals surface area contributed by atoms with Crippen molar-refractivity contribution in [1.29, 1.82) is 0 Å². The average Bonchev–Trinajstić information content (AvgIpc) is 1.68. The summed E-state index contributed by atoms with van der Waals surface area (Å²) >= 11 is 0. The molecule has 5 aliphatic rings. The second-order valence-electron chi connectivity index (χ2n) is 27.9. The Labute approximate surface area is 619 Å². The molecule has 7 N–H and O–H groups in total. The number of nitrogens with two attached hydrogens (primary N) is 1. The molecule has 10 rings (SSSR count). The Balaban J connectivity index is 0.745. The quantitative estimate of drug-likeness (QED) is 0.0142. The van der Waals surface area contributed by atoms with Crippen LogP contribution in [0.4, 0.5) is 32.5 Å². The lowest BCUT2D eigenvalue weighted by Crippen LogP contribution is -2.55. The van der Waals surface area contributed by atoms with Crippen LogP contribution >= 0.6 is 0 Å². The SMILES string of the molecule is CC[C@@H]1C(=O)N(C)c2cnc(Cc3ccc(C(=O)CCc4cn(CCCN(CCC(=O)Nc5cccc6c5CN(C5CCC(=O)NC5=O)C6=O)C(=O)OCc5ccc(NC(=O)[C@H](CCCNC(N)=O)CC(=O)[C@@H](NC(=O)CCCCCN6C(=O)C=CC6=O)C(C)C)cc5)nn4)cc3OC)nc2N1C1CCCC1. The molecule has 6 heterocycles. The van der Waals surface area contributed by atoms with E-state index in [4.69, 9.17) is 20.2 Å². The van der Waals surface area contributed by atoms with Crippen LogP contribution in [0.5, 0.6) is 5.75 Å². The van der Waals surface area contributed by atoms with Gasteiger partial charge in [-0.15, -0.1) is 5.10 Å². The molecule has 2 fully saturated rings. The summed E-state index contributed by atoms with van der Waals surface area (Å²) in [6.45, 7) is 6.02. The summed E-state index contributed by atoms with van der Waals surface area (Å²) < 4.78 is 13.2. The molecule has 1 saturated heterocycles. The van der Waals surface area contributed by atoms with Gasteiger partial charge in [-0.1, -0.05) is 75.6 Å². The van der Waals surface area contributed by atoms with Crippen LogP contribution in [0.15, 0.2) is 85.2 Å². The van der Waals surface area contributed by atoms with Crippen LogP contribution in [0, 0.1) is 11.8 Å². The van der Waals surface area contributed by atoms with E-state index in [0.717, 1.165) is 42.0 Å². The number of primary amides is 1. The highest BCUT2D eigenvalue weighted by Gasteiger charge is 2.43. The smallest absolute Gasteiger partial charge is 0.410 e. The molecule has 5 aromatic rings. The minimum atomic E-state index is -0.911. The number of methoxy groups -OCH3 is 1. The Kier molecular flexibility index (Phi) is 26.8. The minimum Gasteiger partial charge on any atom is -0.496 e. The summed E-state index contributed by atoms with van der Waals surface area (Å²) in [4.78, 5) is 187. The fraction of sp³-hybridized carbons (Fsp3) is 0.487. The third-order valence-corrected chi connectivity index (χ3v) is 20.1. The van der Waals surface area contributed by atoms with Crippen molar-refractivity contribution in [2.24, 2.45) is 17.6 Å². The van der Waals surface area contributed by atoms with E-state index < -0.39 is 59.7 Å². The number of carbonyl (C=O) groups is 13. The molecule has 3 aromatic carbocycles. The number of benzene rings is 3. The molecule has 1 saturated carbocycles. The number of Topliss-reactive ketones (excluding diaryl/α,β-unsaturated/α-hetero) is 2. The molecule has 2 aromatic heterocycles. The molecule has 12 amide bonds. The third-order valence-electron chi connectivity index (χ3n) is 20.1. The Hall–Kier alpha value is -11.3. The zero-order chi connectivity index (χ0) is 76.4. The lowest BCUT2D eigenvalue weighted by Gasteiger charge is -2.43. The number of aromatic nitrogens is 5. The summed E-state index contributed by atoms with van der Waals surface area (Å²) in [5, 5.41) is 22.0. The van der Waals surface area contributed by atoms with Gasteiger partial charge in [-0.25, -0.2) is 19.6 Å². The summed E-state index contributed by atoms with van der Waals surface area (Å²) in [6, 6.07) is 14.0. The summed E-state index contributed by atoms with van der Waals surface area (Å²) in [6.07, 6.45) is 12.9. The fourth-order valence-corrected chi connectivity index (χ4v) is 14.2. The topological polar surface area (TPSA) is 399 Å². The first kappa shape index (κ1) is 78.3. The number of ketones is 2. The zero-order valence-electron chi connectivity index (χ0n) is 61.1. The van der Waals surface area contributed by atoms with Crippen molar-refractivity contribution in [1.82, 2.24) is 55.6 Å². The van der Waals surface area contributed by atoms with Crippen LogP contribution in [-0.4, -0.2) is 181 Å². The van der Waals surface area contributed by atoms with E-state index in [1.54, 1.807) is 105 Å². The van der Waals surface area contributed by atoms with Gasteiger partial charge in [0.1, 0.15) is 36.0 Å². The van der Waals surface area contributed by atoms with Gasteiger partial charge in [-0.3, -0.25) is 67.6 Å². The van der Waals surface area contributed by atoms with Crippen molar-refractivity contribution in [3.63, 3.8) is 0 Å². The fourth-order valence-electron chi connectivity index (χ4n) is 14.2. The third kappa shape index (κ3) is 20.2. The number of imide groups is 2. The van der Waals surface area contributed by atoms with Crippen molar-refractivity contribution < 1.29 is 71.8 Å². The van der Waals surface area contributed by atoms with Gasteiger partial charge < -0.3 is 56.1 Å². The Morgan fingerprint density at radius 1 is 0.832 bits per heavy atom. The predicted molar refractivity (Wildman–Crippen MR) is 391 cm³/mol. The maximum absolute atomic E-state index is 14.1. The predicted octanol–water partition coefficient (Wildman–Crippen LogP) is 6.39. The molecule has 31 heteroatoms. The molecular weight excluding hydrogens is 1380 g/mol. The number of fused-ring (bicyclic) bond motifs is 2. The van der Waals surface area contributed by atoms with Gasteiger partial charge in [0.15, 0.2) is 17.4 Å². The molecule has 0 radical (unpaired) electrons. The Bertz CT molecular complexity index is 4190. The van der Waals surface area contributed by atoms with E-state index in [2.05, 4.69) is 46.8 Å². The highest BCUT2D eigenvalue weighted by molar-refractivity contribution is 6.13. The molecule has 1 unspecified atom stereocenters. The first-order valence-electron chi connectivity index (χ1n) is 36.7. The van der Waals surface area contributed by atoms with Crippen LogP contribution in [0.1, 0.15) is 179 Å². The van der Waals surface area contributed by atoms with Crippen molar-refractivity contribution in [3.05, 3.63) is 125 Å². The lowest BCUT2D eigenvalue weighted by molar-refractivity contribution is -0.138. The number of ether oxygens (including phenoxy) is 2. The number of hydrogen-bond donors (Lipinski definition) is 6. The number of piperidine rings is 1. The standard InChI is InChI=1S/C76H94N16O15/c1-6-57-74(103)87(4)59-42-79-63(82-70(59)92(57)53-16-9-10-17-53)41-49-24-23-48(40-62(49)106-5)60(93)29-27-52-43-89(86-85-52)36-14-35-88(38-33-66(97)81-56-19-12-18-54-55(56)44-91(73(54)102)58-28-30-65(96)84-72(58)101)76(105)107-45-47-21-25-51(26-22-47)80-71(100)50(15-13-34-78-75(77)104)39-61(94)69(46(2)3)83-64(95)20-8-7-11-37-90-67(98)31-32-68(90)99/h12,18-19,21-26,31-32,40,42-43,46,50,53,57-58,69H,6-11,13-17,20,27-30,33-39,41,44-45H2,1-5H3,(H,80,100)(H,81,97)(H,83,95)(H3,77,78,104)(H,84,96,101)/t50-,57-,58?,69+/m1/s1.